The van der Waals surface area contributed by atoms with Crippen LogP contribution in [0.2, 0.25) is 0 Å². The molecule has 0 bridgehead atoms. The fourth-order valence-corrected chi connectivity index (χ4v) is 13.1. The highest BCUT2D eigenvalue weighted by Crippen LogP contribution is 2.67. The first-order valence-corrected chi connectivity index (χ1v) is 26.5. The van der Waals surface area contributed by atoms with Gasteiger partial charge in [0, 0.05) is 6.61 Å². The first kappa shape index (κ1) is 51.8. The maximum atomic E-state index is 13.0. The van der Waals surface area contributed by atoms with Gasteiger partial charge in [0.15, 0.2) is 6.10 Å². The molecule has 4 rings (SSSR count). The number of unbranched alkanes of at least 4 members (excludes halogenated alkanes) is 11. The zero-order valence-corrected chi connectivity index (χ0v) is 41.0. The summed E-state index contributed by atoms with van der Waals surface area (Å²) in [6.07, 6.45) is 27.6. The van der Waals surface area contributed by atoms with Crippen molar-refractivity contribution >= 4 is 13.8 Å². The van der Waals surface area contributed by atoms with Crippen LogP contribution in [-0.4, -0.2) is 86.3 Å². The fourth-order valence-electron chi connectivity index (χ4n) is 12.3. The minimum atomic E-state index is -4.45. The molecule has 4 aliphatic carbocycles. The van der Waals surface area contributed by atoms with Gasteiger partial charge in [0.05, 0.1) is 33.9 Å². The number of carboxylic acids is 1. The van der Waals surface area contributed by atoms with Crippen molar-refractivity contribution in [3.05, 3.63) is 11.6 Å². The Bertz CT molecular complexity index is 1350. The lowest BCUT2D eigenvalue weighted by Crippen LogP contribution is -2.51. The van der Waals surface area contributed by atoms with Gasteiger partial charge in [-0.3, -0.25) is 9.05 Å². The number of ether oxygens (including phenoxy) is 2. The molecule has 350 valence electrons. The largest absolute Gasteiger partial charge is 0.479 e. The lowest BCUT2D eigenvalue weighted by Gasteiger charge is -2.58. The number of nitrogens with zero attached hydrogens (tertiary/aromatic N) is 1. The molecule has 0 aromatic rings. The first-order valence-electron chi connectivity index (χ1n) is 25.0. The van der Waals surface area contributed by atoms with Crippen molar-refractivity contribution in [1.82, 2.24) is 0 Å². The highest BCUT2D eigenvalue weighted by molar-refractivity contribution is 7.47. The third-order valence-electron chi connectivity index (χ3n) is 15.9. The zero-order valence-electron chi connectivity index (χ0n) is 40.1. The van der Waals surface area contributed by atoms with Gasteiger partial charge >= 0.3 is 13.8 Å². The van der Waals surface area contributed by atoms with E-state index in [0.717, 1.165) is 74.5 Å². The normalized spacial score (nSPS) is 30.5. The van der Waals surface area contributed by atoms with Gasteiger partial charge in [0.1, 0.15) is 19.3 Å². The molecule has 0 aromatic heterocycles. The fraction of sp³-hybridized carbons (Fsp3) is 0.940. The average Bonchev–Trinajstić information content (AvgIpc) is 3.53. The Labute approximate surface area is 368 Å². The Morgan fingerprint density at radius 1 is 0.833 bits per heavy atom. The third kappa shape index (κ3) is 15.4. The molecule has 7 unspecified atom stereocenters. The van der Waals surface area contributed by atoms with Crippen LogP contribution in [-0.2, 0) is 27.9 Å². The van der Waals surface area contributed by atoms with Crippen molar-refractivity contribution in [3.8, 4) is 0 Å². The monoisotopic (exact) mass is 867 g/mol. The average molecular weight is 867 g/mol. The molecule has 0 saturated heterocycles. The first-order chi connectivity index (χ1) is 28.4. The number of likely N-dealkylation sites (N-methyl/N-ethyl adjacent to an activating group) is 1. The molecule has 0 aromatic carbocycles. The lowest BCUT2D eigenvalue weighted by molar-refractivity contribution is -0.870. The van der Waals surface area contributed by atoms with Gasteiger partial charge in [-0.15, -0.1) is 0 Å². The van der Waals surface area contributed by atoms with Crippen LogP contribution in [0.3, 0.4) is 0 Å². The number of hydrogen-bond donors (Lipinski definition) is 2. The minimum absolute atomic E-state index is 0.0378. The van der Waals surface area contributed by atoms with Crippen molar-refractivity contribution in [3.63, 3.8) is 0 Å². The predicted molar refractivity (Wildman–Crippen MR) is 245 cm³/mol. The standard InChI is InChI=1S/C50H92NO8P/c1-10-11-12-13-14-15-16-17-18-19-20-21-34-56-47(48(52)53)46(37-58-60(54,55)57-35-33-51(7,8)9)59-41-29-31-49(5)40(36-41)25-26-42-44-28-27-43(39(4)24-22-23-38(2)3)50(44,6)32-30-45(42)49/h25,38-39,41-47H,10-24,26-37H2,1-9H3,(H-,52,53,54,55)/p+1/t39-,41?,42?,43-,44?,45?,46?,47?,49+,50-/m1/s1. The molecule has 9 nitrogen and oxygen atoms in total. The van der Waals surface area contributed by atoms with Crippen LogP contribution in [0.15, 0.2) is 11.6 Å². The van der Waals surface area contributed by atoms with E-state index in [4.69, 9.17) is 18.5 Å². The van der Waals surface area contributed by atoms with Crippen LogP contribution in [0.4, 0.5) is 0 Å². The van der Waals surface area contributed by atoms with Gasteiger partial charge in [-0.1, -0.05) is 143 Å². The molecule has 0 radical (unpaired) electrons. The van der Waals surface area contributed by atoms with Crippen LogP contribution < -0.4 is 0 Å². The molecule has 3 fully saturated rings. The smallest absolute Gasteiger partial charge is 0.472 e. The molecular weight excluding hydrogens is 774 g/mol. The Morgan fingerprint density at radius 2 is 1.48 bits per heavy atom. The molecule has 4 aliphatic rings. The number of carbonyl (C=O) groups is 1. The number of carboxylic acid groups (broad SMARTS) is 1. The molecule has 11 atom stereocenters. The number of phosphoric acid groups is 1. The van der Waals surface area contributed by atoms with E-state index in [9.17, 15) is 19.4 Å². The number of quaternary nitrogens is 1. The van der Waals surface area contributed by atoms with Crippen molar-refractivity contribution in [1.29, 1.82) is 0 Å². The van der Waals surface area contributed by atoms with Crippen LogP contribution in [0.25, 0.3) is 0 Å². The van der Waals surface area contributed by atoms with E-state index in [0.29, 0.717) is 29.0 Å². The minimum Gasteiger partial charge on any atom is -0.479 e. The molecule has 0 spiro atoms. The van der Waals surface area contributed by atoms with Crippen LogP contribution >= 0.6 is 7.82 Å². The molecule has 3 saturated carbocycles. The van der Waals surface area contributed by atoms with Crippen LogP contribution in [0.1, 0.15) is 189 Å². The van der Waals surface area contributed by atoms with Crippen molar-refractivity contribution < 1.29 is 42.4 Å². The summed E-state index contributed by atoms with van der Waals surface area (Å²) < 4.78 is 37.1. The van der Waals surface area contributed by atoms with Gasteiger partial charge in [-0.05, 0) is 104 Å². The Hall–Kier alpha value is -0.800. The van der Waals surface area contributed by atoms with Crippen molar-refractivity contribution in [2.24, 2.45) is 46.3 Å². The number of phosphoric ester groups is 1. The highest BCUT2D eigenvalue weighted by atomic mass is 31.2. The van der Waals surface area contributed by atoms with E-state index in [-0.39, 0.29) is 18.1 Å². The second kappa shape index (κ2) is 24.5. The summed E-state index contributed by atoms with van der Waals surface area (Å²) in [6, 6.07) is 0. The number of rotatable bonds is 30. The zero-order chi connectivity index (χ0) is 44.0. The number of fused-ring (bicyclic) bond motifs is 5. The molecule has 0 heterocycles. The molecule has 0 aliphatic heterocycles. The lowest BCUT2D eigenvalue weighted by atomic mass is 9.47. The van der Waals surface area contributed by atoms with E-state index in [2.05, 4.69) is 47.6 Å². The SMILES string of the molecule is CCCCCCCCCCCCCCOC(C(=O)O)C(COP(=O)(O)OCC[N+](C)(C)C)OC1CC[C@@]2(C)C(=CCC3C2CC[C@@]2(C)C3CC[C@@H]2[C@H](C)CCCC(C)C)C1. The molecule has 60 heavy (non-hydrogen) atoms. The summed E-state index contributed by atoms with van der Waals surface area (Å²) in [7, 11) is 1.48. The number of aliphatic carboxylic acids is 1. The second-order valence-corrected chi connectivity index (χ2v) is 23.4. The summed E-state index contributed by atoms with van der Waals surface area (Å²) >= 11 is 0. The maximum Gasteiger partial charge on any atom is 0.472 e. The van der Waals surface area contributed by atoms with Crippen LogP contribution in [0, 0.1) is 46.3 Å². The van der Waals surface area contributed by atoms with E-state index in [1.807, 2.05) is 21.1 Å². The topological polar surface area (TPSA) is 112 Å². The molecular formula is C50H93NO8P+. The van der Waals surface area contributed by atoms with E-state index in [1.54, 1.807) is 0 Å². The van der Waals surface area contributed by atoms with Gasteiger partial charge in [-0.25, -0.2) is 9.36 Å². The summed E-state index contributed by atoms with van der Waals surface area (Å²) in [6.45, 7) is 15.1. The Kier molecular flexibility index (Phi) is 21.1. The quantitative estimate of drug-likeness (QED) is 0.0318. The summed E-state index contributed by atoms with van der Waals surface area (Å²) in [4.78, 5) is 23.4. The van der Waals surface area contributed by atoms with Crippen molar-refractivity contribution in [2.75, 3.05) is 47.5 Å². The summed E-state index contributed by atoms with van der Waals surface area (Å²) in [5.74, 6) is 3.45. The van der Waals surface area contributed by atoms with Crippen LogP contribution in [0.5, 0.6) is 0 Å². The molecule has 2 N–H and O–H groups in total. The van der Waals surface area contributed by atoms with Crippen molar-refractivity contribution in [2.45, 2.75) is 208 Å². The van der Waals surface area contributed by atoms with Gasteiger partial charge < -0.3 is 24.0 Å². The predicted octanol–water partition coefficient (Wildman–Crippen LogP) is 12.8. The third-order valence-corrected chi connectivity index (χ3v) is 16.9. The highest BCUT2D eigenvalue weighted by Gasteiger charge is 2.59. The maximum absolute atomic E-state index is 13.0. The van der Waals surface area contributed by atoms with Gasteiger partial charge in [0.25, 0.3) is 0 Å². The van der Waals surface area contributed by atoms with E-state index >= 15 is 0 Å². The van der Waals surface area contributed by atoms with E-state index in [1.165, 1.54) is 108 Å². The summed E-state index contributed by atoms with van der Waals surface area (Å²) in [5.41, 5.74) is 2.02. The van der Waals surface area contributed by atoms with Gasteiger partial charge in [0.2, 0.25) is 0 Å². The molecule has 10 heteroatoms. The number of hydrogen-bond acceptors (Lipinski definition) is 6. The Morgan fingerprint density at radius 3 is 2.10 bits per heavy atom. The van der Waals surface area contributed by atoms with Gasteiger partial charge in [-0.2, -0.15) is 0 Å². The number of allylic oxidation sites excluding steroid dienone is 1. The Balaban J connectivity index is 1.36. The second-order valence-electron chi connectivity index (χ2n) is 22.0. The molecule has 0 amide bonds. The van der Waals surface area contributed by atoms with E-state index < -0.39 is 32.6 Å². The summed E-state index contributed by atoms with van der Waals surface area (Å²) in [5, 5.41) is 10.5.